The second-order valence-electron chi connectivity index (χ2n) is 1.80. The summed E-state index contributed by atoms with van der Waals surface area (Å²) in [4.78, 5) is 0. The van der Waals surface area contributed by atoms with Crippen molar-refractivity contribution in [2.75, 3.05) is 13.2 Å². The third kappa shape index (κ3) is 1.72. The molecule has 1 aromatic rings. The number of hydrogen-bond acceptors (Lipinski definition) is 3. The van der Waals surface area contributed by atoms with Gasteiger partial charge in [0.15, 0.2) is 11.5 Å². The molecule has 0 spiro atoms. The number of fused-ring (bicyclic) bond motifs is 1. The van der Waals surface area contributed by atoms with Crippen LogP contribution in [0.5, 0.6) is 11.5 Å². The summed E-state index contributed by atoms with van der Waals surface area (Å²) in [6.45, 7) is 1.37. The van der Waals surface area contributed by atoms with Crippen molar-refractivity contribution in [1.29, 1.82) is 0 Å². The summed E-state index contributed by atoms with van der Waals surface area (Å²) in [6.07, 6.45) is 0. The van der Waals surface area contributed by atoms with Gasteiger partial charge in [0, 0.05) is 10.8 Å². The Kier molecular flexibility index (Phi) is 3.62. The molecule has 0 unspecified atom stereocenters. The van der Waals surface area contributed by atoms with Crippen molar-refractivity contribution in [3.8, 4) is 11.5 Å². The molecule has 1 aliphatic heterocycles. The molecule has 10 heavy (non-hydrogen) atoms. The van der Waals surface area contributed by atoms with Gasteiger partial charge in [0.2, 0.25) is 0 Å². The molecule has 52 valence electrons. The average molecular weight is 282 g/mol. The van der Waals surface area contributed by atoms with E-state index in [1.165, 1.54) is 0 Å². The van der Waals surface area contributed by atoms with Gasteiger partial charge in [0.25, 0.3) is 0 Å². The Balaban J connectivity index is 0. The normalized spacial score (nSPS) is 14.0. The monoisotopic (exact) mass is 282 g/mol. The van der Waals surface area contributed by atoms with Gasteiger partial charge in [0.05, 0.1) is 0 Å². The van der Waals surface area contributed by atoms with Crippen molar-refractivity contribution >= 4 is 60.2 Å². The quantitative estimate of drug-likeness (QED) is 0.669. The first kappa shape index (κ1) is 8.96. The van der Waals surface area contributed by atoms with Crippen LogP contribution in [0.1, 0.15) is 2.85 Å². The first-order chi connectivity index (χ1) is 4.47. The van der Waals surface area contributed by atoms with Crippen LogP contribution in [0.25, 0.3) is 0 Å². The van der Waals surface area contributed by atoms with Crippen LogP contribution in [0.4, 0.5) is 0 Å². The molecular weight excluding hydrogens is 273 g/mol. The maximum Gasteiger partial charge on any atom is 2.00 e. The number of rotatable bonds is 0. The molecule has 0 bridgehead atoms. The summed E-state index contributed by atoms with van der Waals surface area (Å²) >= 11 is 1.61. The number of thiophene rings is 1. The van der Waals surface area contributed by atoms with Crippen molar-refractivity contribution < 1.29 is 12.3 Å². The summed E-state index contributed by atoms with van der Waals surface area (Å²) in [5.41, 5.74) is 0. The maximum atomic E-state index is 5.25. The standard InChI is InChI=1S/C6H6O2S.Ba.2H/c1-2-8-6-4-9-3-5(6)7-1;;;/h3-4H,1-2H2;;;/q;+2;2*-1. The summed E-state index contributed by atoms with van der Waals surface area (Å²) < 4.78 is 10.5. The number of ether oxygens (including phenoxy) is 2. The van der Waals surface area contributed by atoms with Crippen LogP contribution in [-0.2, 0) is 0 Å². The van der Waals surface area contributed by atoms with Crippen LogP contribution in [0, 0.1) is 0 Å². The zero-order valence-corrected chi connectivity index (χ0v) is 10.8. The van der Waals surface area contributed by atoms with Gasteiger partial charge in [-0.15, -0.1) is 11.3 Å². The van der Waals surface area contributed by atoms with Gasteiger partial charge < -0.3 is 12.3 Å². The minimum absolute atomic E-state index is 0. The largest absolute Gasteiger partial charge is 2.00 e. The molecule has 4 heteroatoms. The maximum absolute atomic E-state index is 5.25. The Bertz CT molecular complexity index is 199. The minimum Gasteiger partial charge on any atom is -1.00 e. The van der Waals surface area contributed by atoms with E-state index in [9.17, 15) is 0 Å². The average Bonchev–Trinajstić information content (AvgIpc) is 2.33. The van der Waals surface area contributed by atoms with Crippen molar-refractivity contribution in [3.05, 3.63) is 10.8 Å². The molecule has 0 fully saturated rings. The smallest absolute Gasteiger partial charge is 1.00 e. The molecule has 0 aliphatic carbocycles. The summed E-state index contributed by atoms with van der Waals surface area (Å²) in [5, 5.41) is 3.91. The molecule has 0 saturated heterocycles. The van der Waals surface area contributed by atoms with E-state index in [2.05, 4.69) is 0 Å². The Labute approximate surface area is 107 Å². The Morgan fingerprint density at radius 2 is 1.70 bits per heavy atom. The van der Waals surface area contributed by atoms with E-state index in [1.807, 2.05) is 10.8 Å². The third-order valence-corrected chi connectivity index (χ3v) is 1.89. The van der Waals surface area contributed by atoms with Crippen LogP contribution in [0.15, 0.2) is 10.8 Å². The molecular formula is C6H8BaO2S. The molecule has 2 heterocycles. The molecule has 0 aromatic carbocycles. The van der Waals surface area contributed by atoms with Crippen molar-refractivity contribution in [1.82, 2.24) is 0 Å². The Morgan fingerprint density at radius 3 is 2.20 bits per heavy atom. The predicted octanol–water partition coefficient (Wildman–Crippen LogP) is 1.36. The van der Waals surface area contributed by atoms with E-state index in [-0.39, 0.29) is 51.7 Å². The molecule has 0 amide bonds. The van der Waals surface area contributed by atoms with E-state index in [4.69, 9.17) is 9.47 Å². The van der Waals surface area contributed by atoms with Crippen LogP contribution < -0.4 is 9.47 Å². The Morgan fingerprint density at radius 1 is 1.20 bits per heavy atom. The third-order valence-electron chi connectivity index (χ3n) is 1.19. The van der Waals surface area contributed by atoms with Crippen molar-refractivity contribution in [2.45, 2.75) is 0 Å². The van der Waals surface area contributed by atoms with Gasteiger partial charge in [-0.25, -0.2) is 0 Å². The van der Waals surface area contributed by atoms with E-state index in [1.54, 1.807) is 11.3 Å². The summed E-state index contributed by atoms with van der Waals surface area (Å²) in [6, 6.07) is 0. The minimum atomic E-state index is 0. The Hall–Kier alpha value is 0.871. The van der Waals surface area contributed by atoms with Gasteiger partial charge in [0.1, 0.15) is 13.2 Å². The summed E-state index contributed by atoms with van der Waals surface area (Å²) in [7, 11) is 0. The zero-order valence-electron chi connectivity index (χ0n) is 7.50. The molecule has 1 aliphatic rings. The van der Waals surface area contributed by atoms with Gasteiger partial charge in [-0.2, -0.15) is 0 Å². The van der Waals surface area contributed by atoms with E-state index < -0.39 is 0 Å². The fraction of sp³-hybridized carbons (Fsp3) is 0.333. The SMILES string of the molecule is [Ba+2].[H-].[H-].c1scc2c1OCCO2. The topological polar surface area (TPSA) is 18.5 Å². The van der Waals surface area contributed by atoms with Crippen LogP contribution >= 0.6 is 11.3 Å². The van der Waals surface area contributed by atoms with Crippen molar-refractivity contribution in [3.63, 3.8) is 0 Å². The predicted molar refractivity (Wildman–Crippen MR) is 43.3 cm³/mol. The molecule has 0 radical (unpaired) electrons. The van der Waals surface area contributed by atoms with E-state index in [0.717, 1.165) is 11.5 Å². The van der Waals surface area contributed by atoms with Crippen LogP contribution in [0.2, 0.25) is 0 Å². The van der Waals surface area contributed by atoms with Gasteiger partial charge in [-0.05, 0) is 0 Å². The van der Waals surface area contributed by atoms with E-state index in [0.29, 0.717) is 13.2 Å². The number of hydrogen-bond donors (Lipinski definition) is 0. The van der Waals surface area contributed by atoms with Gasteiger partial charge in [-0.3, -0.25) is 0 Å². The van der Waals surface area contributed by atoms with Crippen LogP contribution in [-0.4, -0.2) is 62.1 Å². The molecule has 2 rings (SSSR count). The summed E-state index contributed by atoms with van der Waals surface area (Å²) in [5.74, 6) is 1.79. The molecule has 0 N–H and O–H groups in total. The van der Waals surface area contributed by atoms with Gasteiger partial charge in [-0.1, -0.05) is 0 Å². The molecule has 0 atom stereocenters. The first-order valence-corrected chi connectivity index (χ1v) is 3.73. The van der Waals surface area contributed by atoms with Crippen LogP contribution in [0.3, 0.4) is 0 Å². The molecule has 2 nitrogen and oxygen atoms in total. The fourth-order valence-corrected chi connectivity index (χ4v) is 1.47. The molecule has 1 aromatic heterocycles. The zero-order chi connectivity index (χ0) is 6.10. The first-order valence-electron chi connectivity index (χ1n) is 2.78. The van der Waals surface area contributed by atoms with Gasteiger partial charge >= 0.3 is 48.9 Å². The fourth-order valence-electron chi connectivity index (χ4n) is 0.787. The molecule has 0 saturated carbocycles. The second kappa shape index (κ2) is 4.04. The van der Waals surface area contributed by atoms with E-state index >= 15 is 0 Å². The second-order valence-corrected chi connectivity index (χ2v) is 2.54. The van der Waals surface area contributed by atoms with Crippen molar-refractivity contribution in [2.24, 2.45) is 0 Å².